The third-order valence-corrected chi connectivity index (χ3v) is 12.0. The zero-order chi connectivity index (χ0) is 19.7. The number of nitrogens with zero attached hydrogens (tertiary/aromatic N) is 1. The molecule has 3 rings (SSSR count). The van der Waals surface area contributed by atoms with Gasteiger partial charge in [0.15, 0.2) is 8.24 Å². The molecule has 0 radical (unpaired) electrons. The molecule has 0 saturated carbocycles. The highest BCUT2D eigenvalue weighted by Crippen LogP contribution is 2.40. The van der Waals surface area contributed by atoms with Gasteiger partial charge in [0.25, 0.3) is 0 Å². The lowest BCUT2D eigenvalue weighted by Crippen LogP contribution is -2.45. The Kier molecular flexibility index (Phi) is 4.30. The van der Waals surface area contributed by atoms with Gasteiger partial charge in [0.1, 0.15) is 5.82 Å². The number of halogens is 1. The van der Waals surface area contributed by atoms with Gasteiger partial charge in [-0.3, -0.25) is 0 Å². The Morgan fingerprint density at radius 3 is 2.08 bits per heavy atom. The van der Waals surface area contributed by atoms with Gasteiger partial charge in [-0.05, 0) is 51.1 Å². The van der Waals surface area contributed by atoms with Gasteiger partial charge < -0.3 is 13.5 Å². The van der Waals surface area contributed by atoms with Crippen molar-refractivity contribution in [2.45, 2.75) is 77.8 Å². The molecule has 1 aliphatic heterocycles. The summed E-state index contributed by atoms with van der Waals surface area (Å²) in [4.78, 5) is 0. The quantitative estimate of drug-likeness (QED) is 0.695. The van der Waals surface area contributed by atoms with Crippen molar-refractivity contribution in [1.82, 2.24) is 4.23 Å². The molecule has 0 aliphatic carbocycles. The molecule has 1 aromatic heterocycles. The first kappa shape index (κ1) is 19.6. The molecule has 2 heterocycles. The summed E-state index contributed by atoms with van der Waals surface area (Å²) in [5, 5.41) is 0.745. The fourth-order valence-corrected chi connectivity index (χ4v) is 5.22. The first-order valence-electron chi connectivity index (χ1n) is 9.35. The van der Waals surface area contributed by atoms with E-state index in [0.717, 1.165) is 11.0 Å². The van der Waals surface area contributed by atoms with E-state index < -0.39 is 26.6 Å². The van der Waals surface area contributed by atoms with Crippen LogP contribution in [0.2, 0.25) is 18.1 Å². The Bertz CT molecular complexity index is 835. The molecule has 0 N–H and O–H groups in total. The van der Waals surface area contributed by atoms with Crippen molar-refractivity contribution in [3.63, 3.8) is 0 Å². The number of hydrogen-bond acceptors (Lipinski definition) is 2. The molecule has 1 aromatic carbocycles. The van der Waals surface area contributed by atoms with E-state index in [1.807, 2.05) is 33.8 Å². The molecular weight excluding hydrogens is 344 g/mol. The smallest absolute Gasteiger partial charge is 0.399 e. The highest BCUT2D eigenvalue weighted by Gasteiger charge is 2.53. The molecule has 6 heteroatoms. The minimum atomic E-state index is -1.93. The van der Waals surface area contributed by atoms with Crippen LogP contribution in [0.3, 0.4) is 0 Å². The maximum atomic E-state index is 14.9. The molecule has 0 spiro atoms. The zero-order valence-corrected chi connectivity index (χ0v) is 18.5. The van der Waals surface area contributed by atoms with Crippen LogP contribution in [-0.2, 0) is 9.31 Å². The van der Waals surface area contributed by atoms with E-state index in [0.29, 0.717) is 5.39 Å². The van der Waals surface area contributed by atoms with Crippen molar-refractivity contribution in [1.29, 1.82) is 0 Å². The van der Waals surface area contributed by atoms with Crippen molar-refractivity contribution in [2.75, 3.05) is 0 Å². The number of hydrogen-bond donors (Lipinski definition) is 0. The molecular formula is C20H31BFNO2Si. The van der Waals surface area contributed by atoms with Crippen molar-refractivity contribution < 1.29 is 13.7 Å². The van der Waals surface area contributed by atoms with E-state index in [2.05, 4.69) is 44.3 Å². The topological polar surface area (TPSA) is 23.4 Å². The highest BCUT2D eigenvalue weighted by molar-refractivity contribution is 6.80. The van der Waals surface area contributed by atoms with Gasteiger partial charge in [-0.2, -0.15) is 0 Å². The predicted octanol–water partition coefficient (Wildman–Crippen LogP) is 4.93. The van der Waals surface area contributed by atoms with Crippen LogP contribution in [0.1, 0.15) is 48.5 Å². The summed E-state index contributed by atoms with van der Waals surface area (Å²) in [5.41, 5.74) is 0.825. The molecule has 2 aromatic rings. The van der Waals surface area contributed by atoms with Gasteiger partial charge in [-0.1, -0.05) is 39.9 Å². The van der Waals surface area contributed by atoms with Crippen LogP contribution in [0.15, 0.2) is 24.4 Å². The zero-order valence-electron chi connectivity index (χ0n) is 17.5. The first-order valence-corrected chi connectivity index (χ1v) is 12.3. The highest BCUT2D eigenvalue weighted by atomic mass is 28.3. The standard InChI is InChI=1S/C20H31BFNO2Si/c1-18(2,3)26(8,9)23-13-14(17-15(22)11-10-12-16(17)23)21-24-19(4,5)20(6,7)25-21/h10-13H,1-9H3. The molecule has 0 amide bonds. The predicted molar refractivity (Wildman–Crippen MR) is 110 cm³/mol. The average Bonchev–Trinajstić information content (AvgIpc) is 2.95. The first-order chi connectivity index (χ1) is 11.7. The minimum Gasteiger partial charge on any atom is -0.399 e. The Labute approximate surface area is 158 Å². The van der Waals surface area contributed by atoms with E-state index >= 15 is 0 Å². The van der Waals surface area contributed by atoms with Gasteiger partial charge in [0.05, 0.1) is 11.2 Å². The average molecular weight is 375 g/mol. The summed E-state index contributed by atoms with van der Waals surface area (Å²) in [6.07, 6.45) is 2.08. The second-order valence-electron chi connectivity index (χ2n) is 9.99. The lowest BCUT2D eigenvalue weighted by atomic mass is 9.79. The molecule has 0 bridgehead atoms. The fourth-order valence-electron chi connectivity index (χ4n) is 3.25. The number of aromatic nitrogens is 1. The summed E-state index contributed by atoms with van der Waals surface area (Å²) >= 11 is 0. The lowest BCUT2D eigenvalue weighted by Gasteiger charge is -2.38. The number of fused-ring (bicyclic) bond motifs is 1. The number of rotatable bonds is 2. The van der Waals surface area contributed by atoms with Gasteiger partial charge in [-0.15, -0.1) is 0 Å². The fraction of sp³-hybridized carbons (Fsp3) is 0.600. The van der Waals surface area contributed by atoms with Gasteiger partial charge >= 0.3 is 7.12 Å². The van der Waals surface area contributed by atoms with E-state index in [4.69, 9.17) is 9.31 Å². The Hall–Kier alpha value is -1.11. The Balaban J connectivity index is 2.23. The molecule has 1 saturated heterocycles. The van der Waals surface area contributed by atoms with Crippen LogP contribution < -0.4 is 5.46 Å². The summed E-state index contributed by atoms with van der Waals surface area (Å²) in [7, 11) is -2.50. The van der Waals surface area contributed by atoms with Crippen molar-refractivity contribution in [3.05, 3.63) is 30.2 Å². The molecule has 0 atom stereocenters. The van der Waals surface area contributed by atoms with Crippen molar-refractivity contribution in [2.24, 2.45) is 0 Å². The molecule has 142 valence electrons. The van der Waals surface area contributed by atoms with Crippen LogP contribution in [0, 0.1) is 5.82 Å². The summed E-state index contributed by atoms with van der Waals surface area (Å²) < 4.78 is 29.7. The van der Waals surface area contributed by atoms with Crippen LogP contribution in [0.25, 0.3) is 10.9 Å². The maximum absolute atomic E-state index is 14.9. The molecule has 0 unspecified atom stereocenters. The van der Waals surface area contributed by atoms with Gasteiger partial charge in [0.2, 0.25) is 0 Å². The monoisotopic (exact) mass is 375 g/mol. The molecule has 3 nitrogen and oxygen atoms in total. The van der Waals surface area contributed by atoms with E-state index in [1.54, 1.807) is 6.07 Å². The van der Waals surface area contributed by atoms with Crippen molar-refractivity contribution in [3.8, 4) is 0 Å². The molecule has 1 fully saturated rings. The van der Waals surface area contributed by atoms with Crippen LogP contribution in [0.5, 0.6) is 0 Å². The second-order valence-corrected chi connectivity index (χ2v) is 15.1. The second kappa shape index (κ2) is 5.69. The lowest BCUT2D eigenvalue weighted by molar-refractivity contribution is 0.00578. The minimum absolute atomic E-state index is 0.123. The van der Waals surface area contributed by atoms with E-state index in [9.17, 15) is 4.39 Å². The summed E-state index contributed by atoms with van der Waals surface area (Å²) in [6.45, 7) is 19.5. The molecule has 1 aliphatic rings. The van der Waals surface area contributed by atoms with Crippen LogP contribution in [0.4, 0.5) is 4.39 Å². The largest absolute Gasteiger partial charge is 0.497 e. The summed E-state index contributed by atoms with van der Waals surface area (Å²) in [5.74, 6) is -0.218. The van der Waals surface area contributed by atoms with Crippen LogP contribution >= 0.6 is 0 Å². The van der Waals surface area contributed by atoms with E-state index in [1.165, 1.54) is 6.07 Å². The van der Waals surface area contributed by atoms with Crippen LogP contribution in [-0.4, -0.2) is 30.8 Å². The van der Waals surface area contributed by atoms with E-state index in [-0.39, 0.29) is 10.9 Å². The normalized spacial score (nSPS) is 20.2. The van der Waals surface area contributed by atoms with Gasteiger partial charge in [0, 0.05) is 16.4 Å². The van der Waals surface area contributed by atoms with Gasteiger partial charge in [-0.25, -0.2) is 4.39 Å². The SMILES string of the molecule is CC1(C)OB(c2cn([Si](C)(C)C(C)(C)C)c3cccc(F)c23)OC1(C)C. The molecule has 26 heavy (non-hydrogen) atoms. The third-order valence-electron chi connectivity index (χ3n) is 6.75. The number of benzene rings is 1. The summed E-state index contributed by atoms with van der Waals surface area (Å²) in [6, 6.07) is 5.32. The Morgan fingerprint density at radius 2 is 1.58 bits per heavy atom. The maximum Gasteiger partial charge on any atom is 0.497 e. The third kappa shape index (κ3) is 2.77. The Morgan fingerprint density at radius 1 is 1.04 bits per heavy atom. The van der Waals surface area contributed by atoms with Crippen molar-refractivity contribution >= 4 is 31.7 Å².